The summed E-state index contributed by atoms with van der Waals surface area (Å²) in [6.45, 7) is 7.73. The van der Waals surface area contributed by atoms with Crippen molar-refractivity contribution in [1.82, 2.24) is 24.7 Å². The van der Waals surface area contributed by atoms with Crippen LogP contribution in [0.1, 0.15) is 22.6 Å². The van der Waals surface area contributed by atoms with E-state index in [1.54, 1.807) is 4.68 Å². The molecule has 0 aliphatic heterocycles. The number of carbonyl (C=O) groups is 1. The van der Waals surface area contributed by atoms with E-state index >= 15 is 0 Å². The molecule has 4 aromatic rings. The van der Waals surface area contributed by atoms with Gasteiger partial charge in [0.1, 0.15) is 5.82 Å². The summed E-state index contributed by atoms with van der Waals surface area (Å²) in [6.07, 6.45) is 0. The van der Waals surface area contributed by atoms with E-state index in [4.69, 9.17) is 0 Å². The highest BCUT2D eigenvalue weighted by Crippen LogP contribution is 2.24. The Balaban J connectivity index is 1.50. The summed E-state index contributed by atoms with van der Waals surface area (Å²) in [4.78, 5) is 26.1. The Morgan fingerprint density at radius 1 is 0.967 bits per heavy atom. The predicted molar refractivity (Wildman–Crippen MR) is 119 cm³/mol. The van der Waals surface area contributed by atoms with E-state index in [0.29, 0.717) is 11.8 Å². The van der Waals surface area contributed by atoms with E-state index in [9.17, 15) is 4.79 Å². The molecule has 1 amide bonds. The molecular formula is C22H22N6OS. The van der Waals surface area contributed by atoms with Gasteiger partial charge in [0, 0.05) is 22.8 Å². The maximum atomic E-state index is 12.6. The maximum Gasteiger partial charge on any atom is 0.252 e. The number of fused-ring (bicyclic) bond motifs is 1. The molecule has 0 radical (unpaired) electrons. The number of nitrogens with zero attached hydrogens (tertiary/aromatic N) is 5. The van der Waals surface area contributed by atoms with Gasteiger partial charge in [-0.1, -0.05) is 30.0 Å². The minimum absolute atomic E-state index is 0.141. The third kappa shape index (κ3) is 4.33. The van der Waals surface area contributed by atoms with Crippen molar-refractivity contribution in [3.63, 3.8) is 0 Å². The summed E-state index contributed by atoms with van der Waals surface area (Å²) in [6, 6.07) is 13.7. The average Bonchev–Trinajstić information content (AvgIpc) is 3.06. The zero-order valence-electron chi connectivity index (χ0n) is 17.3. The first-order valence-electron chi connectivity index (χ1n) is 9.57. The molecule has 0 saturated carbocycles. The van der Waals surface area contributed by atoms with Crippen molar-refractivity contribution in [2.75, 3.05) is 11.1 Å². The number of aryl methyl sites for hydroxylation is 4. The first-order valence-corrected chi connectivity index (χ1v) is 10.6. The summed E-state index contributed by atoms with van der Waals surface area (Å²) in [7, 11) is 0. The monoisotopic (exact) mass is 418 g/mol. The molecule has 0 atom stereocenters. The standard InChI is InChI=1S/C22H22N6OS/c1-13-9-21(25-18-8-6-5-7-17(13)18)30-12-20(29)26-19-11-16(4)27-28(19)22-23-14(2)10-15(3)24-22/h5-11H,12H2,1-4H3,(H,26,29). The van der Waals surface area contributed by atoms with Crippen molar-refractivity contribution in [1.29, 1.82) is 0 Å². The fourth-order valence-corrected chi connectivity index (χ4v) is 4.03. The summed E-state index contributed by atoms with van der Waals surface area (Å²) >= 11 is 1.41. The smallest absolute Gasteiger partial charge is 0.252 e. The summed E-state index contributed by atoms with van der Waals surface area (Å²) in [5.74, 6) is 1.09. The van der Waals surface area contributed by atoms with Gasteiger partial charge in [0.2, 0.25) is 5.91 Å². The Hall–Kier alpha value is -3.26. The molecule has 152 valence electrons. The largest absolute Gasteiger partial charge is 0.310 e. The number of hydrogen-bond donors (Lipinski definition) is 1. The number of hydrogen-bond acceptors (Lipinski definition) is 6. The lowest BCUT2D eigenvalue weighted by Gasteiger charge is -2.09. The lowest BCUT2D eigenvalue weighted by Crippen LogP contribution is -2.18. The van der Waals surface area contributed by atoms with Crippen molar-refractivity contribution in [3.8, 4) is 5.95 Å². The quantitative estimate of drug-likeness (QED) is 0.490. The van der Waals surface area contributed by atoms with Gasteiger partial charge >= 0.3 is 0 Å². The van der Waals surface area contributed by atoms with Crippen LogP contribution in [-0.4, -0.2) is 36.4 Å². The topological polar surface area (TPSA) is 85.6 Å². The summed E-state index contributed by atoms with van der Waals surface area (Å²) < 4.78 is 1.57. The first-order chi connectivity index (χ1) is 14.4. The van der Waals surface area contributed by atoms with Gasteiger partial charge in [-0.2, -0.15) is 9.78 Å². The molecule has 0 saturated heterocycles. The molecule has 7 nitrogen and oxygen atoms in total. The van der Waals surface area contributed by atoms with Crippen molar-refractivity contribution in [2.24, 2.45) is 0 Å². The maximum absolute atomic E-state index is 12.6. The molecule has 0 bridgehead atoms. The zero-order chi connectivity index (χ0) is 21.3. The van der Waals surface area contributed by atoms with Crippen LogP contribution < -0.4 is 5.32 Å². The lowest BCUT2D eigenvalue weighted by atomic mass is 10.1. The van der Waals surface area contributed by atoms with Crippen LogP contribution in [0.3, 0.4) is 0 Å². The Labute approximate surface area is 179 Å². The van der Waals surface area contributed by atoms with Crippen LogP contribution >= 0.6 is 11.8 Å². The molecule has 8 heteroatoms. The fourth-order valence-electron chi connectivity index (χ4n) is 3.25. The van der Waals surface area contributed by atoms with E-state index < -0.39 is 0 Å². The van der Waals surface area contributed by atoms with Crippen molar-refractivity contribution < 1.29 is 4.79 Å². The number of pyridine rings is 1. The Kier molecular flexibility index (Phi) is 5.50. The van der Waals surface area contributed by atoms with E-state index in [1.807, 2.05) is 57.2 Å². The van der Waals surface area contributed by atoms with Gasteiger partial charge < -0.3 is 5.32 Å². The molecule has 3 heterocycles. The third-order valence-electron chi connectivity index (χ3n) is 4.51. The van der Waals surface area contributed by atoms with Crippen molar-refractivity contribution in [2.45, 2.75) is 32.7 Å². The van der Waals surface area contributed by atoms with Gasteiger partial charge in [-0.25, -0.2) is 15.0 Å². The number of benzene rings is 1. The molecule has 0 fully saturated rings. The number of rotatable bonds is 5. The Morgan fingerprint density at radius 3 is 2.47 bits per heavy atom. The van der Waals surface area contributed by atoms with Gasteiger partial charge in [0.15, 0.2) is 0 Å². The van der Waals surface area contributed by atoms with Crippen LogP contribution in [0.5, 0.6) is 0 Å². The van der Waals surface area contributed by atoms with E-state index in [1.165, 1.54) is 11.8 Å². The number of amides is 1. The van der Waals surface area contributed by atoms with E-state index in [-0.39, 0.29) is 11.7 Å². The summed E-state index contributed by atoms with van der Waals surface area (Å²) in [5, 5.41) is 9.31. The second kappa shape index (κ2) is 8.23. The molecule has 4 rings (SSSR count). The highest BCUT2D eigenvalue weighted by molar-refractivity contribution is 7.99. The Bertz CT molecular complexity index is 1230. The fraction of sp³-hybridized carbons (Fsp3) is 0.227. The number of anilines is 1. The first kappa shape index (κ1) is 20.0. The number of aromatic nitrogens is 5. The zero-order valence-corrected chi connectivity index (χ0v) is 18.1. The normalized spacial score (nSPS) is 11.1. The third-order valence-corrected chi connectivity index (χ3v) is 5.42. The molecule has 0 unspecified atom stereocenters. The van der Waals surface area contributed by atoms with E-state index in [2.05, 4.69) is 38.4 Å². The lowest BCUT2D eigenvalue weighted by molar-refractivity contribution is -0.113. The highest BCUT2D eigenvalue weighted by Gasteiger charge is 2.14. The van der Waals surface area contributed by atoms with Crippen LogP contribution in [0, 0.1) is 27.7 Å². The second-order valence-electron chi connectivity index (χ2n) is 7.16. The van der Waals surface area contributed by atoms with Crippen LogP contribution in [0.25, 0.3) is 16.9 Å². The van der Waals surface area contributed by atoms with Gasteiger partial charge in [0.05, 0.1) is 22.0 Å². The number of carbonyl (C=O) groups excluding carboxylic acids is 1. The Morgan fingerprint density at radius 2 is 1.70 bits per heavy atom. The molecule has 3 aromatic heterocycles. The van der Waals surface area contributed by atoms with Gasteiger partial charge in [-0.05, 0) is 51.5 Å². The second-order valence-corrected chi connectivity index (χ2v) is 8.16. The van der Waals surface area contributed by atoms with Gasteiger partial charge in [0.25, 0.3) is 5.95 Å². The molecular weight excluding hydrogens is 396 g/mol. The van der Waals surface area contributed by atoms with Gasteiger partial charge in [-0.3, -0.25) is 4.79 Å². The molecule has 0 aliphatic rings. The number of para-hydroxylation sites is 1. The summed E-state index contributed by atoms with van der Waals surface area (Å²) in [5.41, 5.74) is 4.53. The minimum atomic E-state index is -0.141. The van der Waals surface area contributed by atoms with E-state index in [0.717, 1.165) is 38.6 Å². The number of thioether (sulfide) groups is 1. The minimum Gasteiger partial charge on any atom is -0.310 e. The molecule has 1 N–H and O–H groups in total. The predicted octanol–water partition coefficient (Wildman–Crippen LogP) is 4.17. The van der Waals surface area contributed by atoms with Crippen LogP contribution in [-0.2, 0) is 4.79 Å². The van der Waals surface area contributed by atoms with Crippen LogP contribution in [0.4, 0.5) is 5.82 Å². The molecule has 0 aliphatic carbocycles. The van der Waals surface area contributed by atoms with Crippen LogP contribution in [0.2, 0.25) is 0 Å². The van der Waals surface area contributed by atoms with Crippen molar-refractivity contribution >= 4 is 34.4 Å². The average molecular weight is 419 g/mol. The van der Waals surface area contributed by atoms with Crippen molar-refractivity contribution in [3.05, 3.63) is 65.1 Å². The molecule has 0 spiro atoms. The number of nitrogens with one attached hydrogen (secondary N) is 1. The van der Waals surface area contributed by atoms with Crippen LogP contribution in [0.15, 0.2) is 47.5 Å². The van der Waals surface area contributed by atoms with Gasteiger partial charge in [-0.15, -0.1) is 0 Å². The SMILES string of the molecule is Cc1cc(C)nc(-n2nc(C)cc2NC(=O)CSc2cc(C)c3ccccc3n2)n1. The molecule has 30 heavy (non-hydrogen) atoms. The highest BCUT2D eigenvalue weighted by atomic mass is 32.2. The molecule has 1 aromatic carbocycles.